The van der Waals surface area contributed by atoms with Gasteiger partial charge in [-0.1, -0.05) is 6.42 Å². The third-order valence-corrected chi connectivity index (χ3v) is 4.05. The first kappa shape index (κ1) is 17.3. The standard InChI is InChI=1S/C18H22N2O5/c1-12-10-18(20-25-12)23-11-17(22)19-13-6-8-14(9-7-13)24-16-5-3-2-4-15(16)21/h6-10,15-16,21H,2-5,11H2,1H3,(H,19,22). The second-order valence-electron chi connectivity index (χ2n) is 6.15. The van der Waals surface area contributed by atoms with Gasteiger partial charge in [-0.15, -0.1) is 0 Å². The maximum Gasteiger partial charge on any atom is 0.262 e. The second kappa shape index (κ2) is 8.02. The molecule has 7 heteroatoms. The van der Waals surface area contributed by atoms with E-state index >= 15 is 0 Å². The number of hydrogen-bond acceptors (Lipinski definition) is 6. The molecule has 2 N–H and O–H groups in total. The Kier molecular flexibility index (Phi) is 5.55. The predicted molar refractivity (Wildman–Crippen MR) is 90.7 cm³/mol. The van der Waals surface area contributed by atoms with Crippen LogP contribution in [0.5, 0.6) is 11.6 Å². The van der Waals surface area contributed by atoms with Gasteiger partial charge >= 0.3 is 0 Å². The molecule has 1 aromatic carbocycles. The number of carbonyl (C=O) groups is 1. The fourth-order valence-electron chi connectivity index (χ4n) is 2.75. The molecule has 0 radical (unpaired) electrons. The van der Waals surface area contributed by atoms with E-state index in [9.17, 15) is 9.90 Å². The molecule has 25 heavy (non-hydrogen) atoms. The average Bonchev–Trinajstić information content (AvgIpc) is 3.02. The van der Waals surface area contributed by atoms with Gasteiger partial charge in [-0.3, -0.25) is 4.79 Å². The number of aromatic nitrogens is 1. The van der Waals surface area contributed by atoms with Gasteiger partial charge in [0.1, 0.15) is 17.6 Å². The van der Waals surface area contributed by atoms with E-state index in [-0.39, 0.29) is 24.5 Å². The molecule has 7 nitrogen and oxygen atoms in total. The van der Waals surface area contributed by atoms with Crippen molar-refractivity contribution in [3.8, 4) is 11.6 Å². The number of amides is 1. The van der Waals surface area contributed by atoms with E-state index in [1.165, 1.54) is 0 Å². The highest BCUT2D eigenvalue weighted by Gasteiger charge is 2.24. The maximum atomic E-state index is 11.9. The van der Waals surface area contributed by atoms with E-state index < -0.39 is 6.10 Å². The minimum Gasteiger partial charge on any atom is -0.488 e. The summed E-state index contributed by atoms with van der Waals surface area (Å²) in [4.78, 5) is 11.9. The molecule has 0 saturated heterocycles. The highest BCUT2D eigenvalue weighted by atomic mass is 16.5. The first-order chi connectivity index (χ1) is 12.1. The molecule has 1 fully saturated rings. The number of aliphatic hydroxyl groups excluding tert-OH is 1. The summed E-state index contributed by atoms with van der Waals surface area (Å²) in [7, 11) is 0. The molecule has 1 aromatic heterocycles. The number of aryl methyl sites for hydroxylation is 1. The highest BCUT2D eigenvalue weighted by molar-refractivity contribution is 5.91. The van der Waals surface area contributed by atoms with Gasteiger partial charge in [0, 0.05) is 11.8 Å². The third kappa shape index (κ3) is 4.96. The van der Waals surface area contributed by atoms with Crippen molar-refractivity contribution in [3.63, 3.8) is 0 Å². The van der Waals surface area contributed by atoms with Crippen molar-refractivity contribution in [3.05, 3.63) is 36.1 Å². The lowest BCUT2D eigenvalue weighted by atomic mass is 9.95. The predicted octanol–water partition coefficient (Wildman–Crippen LogP) is 2.68. The lowest BCUT2D eigenvalue weighted by Crippen LogP contribution is -2.34. The Bertz CT molecular complexity index is 698. The average molecular weight is 346 g/mol. The summed E-state index contributed by atoms with van der Waals surface area (Å²) in [6.45, 7) is 1.59. The molecular formula is C18H22N2O5. The maximum absolute atomic E-state index is 11.9. The minimum absolute atomic E-state index is 0.154. The molecule has 1 heterocycles. The van der Waals surface area contributed by atoms with E-state index in [2.05, 4.69) is 10.5 Å². The Hall–Kier alpha value is -2.54. The minimum atomic E-state index is -0.412. The van der Waals surface area contributed by atoms with Crippen LogP contribution in [0.4, 0.5) is 5.69 Å². The van der Waals surface area contributed by atoms with E-state index in [1.54, 1.807) is 37.3 Å². The number of nitrogens with zero attached hydrogens (tertiary/aromatic N) is 1. The van der Waals surface area contributed by atoms with E-state index in [1.807, 2.05) is 0 Å². The van der Waals surface area contributed by atoms with Crippen molar-refractivity contribution >= 4 is 11.6 Å². The van der Waals surface area contributed by atoms with Gasteiger partial charge in [-0.05, 0) is 55.6 Å². The van der Waals surface area contributed by atoms with Crippen LogP contribution in [0.25, 0.3) is 0 Å². The zero-order chi connectivity index (χ0) is 17.6. The van der Waals surface area contributed by atoms with E-state index in [0.717, 1.165) is 25.7 Å². The zero-order valence-corrected chi connectivity index (χ0v) is 14.1. The molecule has 2 atom stereocenters. The Morgan fingerprint density at radius 3 is 2.76 bits per heavy atom. The van der Waals surface area contributed by atoms with Crippen LogP contribution < -0.4 is 14.8 Å². The molecule has 1 saturated carbocycles. The van der Waals surface area contributed by atoms with Crippen LogP contribution in [0, 0.1) is 6.92 Å². The smallest absolute Gasteiger partial charge is 0.262 e. The molecule has 0 bridgehead atoms. The Labute approximate surface area is 145 Å². The molecular weight excluding hydrogens is 324 g/mol. The van der Waals surface area contributed by atoms with Crippen molar-refractivity contribution in [1.29, 1.82) is 0 Å². The normalized spacial score (nSPS) is 20.1. The lowest BCUT2D eigenvalue weighted by molar-refractivity contribution is -0.118. The second-order valence-corrected chi connectivity index (χ2v) is 6.15. The Morgan fingerprint density at radius 2 is 2.08 bits per heavy atom. The topological polar surface area (TPSA) is 93.8 Å². The molecule has 2 unspecified atom stereocenters. The SMILES string of the molecule is Cc1cc(OCC(=O)Nc2ccc(OC3CCCCC3O)cc2)no1. The first-order valence-corrected chi connectivity index (χ1v) is 8.41. The summed E-state index contributed by atoms with van der Waals surface area (Å²) in [5, 5.41) is 16.3. The van der Waals surface area contributed by atoms with Gasteiger partial charge in [0.25, 0.3) is 11.8 Å². The fourth-order valence-corrected chi connectivity index (χ4v) is 2.75. The molecule has 3 rings (SSSR count). The van der Waals surface area contributed by atoms with Crippen LogP contribution in [-0.4, -0.2) is 35.0 Å². The van der Waals surface area contributed by atoms with E-state index in [0.29, 0.717) is 17.2 Å². The molecule has 1 aliphatic carbocycles. The zero-order valence-electron chi connectivity index (χ0n) is 14.1. The van der Waals surface area contributed by atoms with Gasteiger partial charge in [-0.25, -0.2) is 0 Å². The summed E-state index contributed by atoms with van der Waals surface area (Å²) >= 11 is 0. The highest BCUT2D eigenvalue weighted by Crippen LogP contribution is 2.24. The Morgan fingerprint density at radius 1 is 1.32 bits per heavy atom. The largest absolute Gasteiger partial charge is 0.488 e. The van der Waals surface area contributed by atoms with Crippen molar-refractivity contribution in [1.82, 2.24) is 5.16 Å². The summed E-state index contributed by atoms with van der Waals surface area (Å²) < 4.78 is 15.9. The monoisotopic (exact) mass is 346 g/mol. The number of carbonyl (C=O) groups excluding carboxylic acids is 1. The molecule has 134 valence electrons. The number of anilines is 1. The van der Waals surface area contributed by atoms with Crippen LogP contribution in [0.1, 0.15) is 31.4 Å². The summed E-state index contributed by atoms with van der Waals surface area (Å²) in [5.74, 6) is 1.28. The quantitative estimate of drug-likeness (QED) is 0.835. The summed E-state index contributed by atoms with van der Waals surface area (Å²) in [6, 6.07) is 8.67. The Balaban J connectivity index is 1.47. The number of ether oxygens (including phenoxy) is 2. The fraction of sp³-hybridized carbons (Fsp3) is 0.444. The summed E-state index contributed by atoms with van der Waals surface area (Å²) in [5.41, 5.74) is 0.640. The third-order valence-electron chi connectivity index (χ3n) is 4.05. The van der Waals surface area contributed by atoms with Crippen LogP contribution in [-0.2, 0) is 4.79 Å². The first-order valence-electron chi connectivity index (χ1n) is 8.41. The van der Waals surface area contributed by atoms with Crippen LogP contribution in [0.3, 0.4) is 0 Å². The number of aliphatic hydroxyl groups is 1. The van der Waals surface area contributed by atoms with Gasteiger partial charge in [0.15, 0.2) is 6.61 Å². The van der Waals surface area contributed by atoms with Crippen molar-refractivity contribution in [2.45, 2.75) is 44.8 Å². The molecule has 2 aromatic rings. The number of rotatable bonds is 6. The van der Waals surface area contributed by atoms with E-state index in [4.69, 9.17) is 14.0 Å². The lowest BCUT2D eigenvalue weighted by Gasteiger charge is -2.28. The number of hydrogen-bond donors (Lipinski definition) is 2. The molecule has 1 amide bonds. The van der Waals surface area contributed by atoms with Crippen molar-refractivity contribution in [2.75, 3.05) is 11.9 Å². The van der Waals surface area contributed by atoms with Gasteiger partial charge in [0.05, 0.1) is 6.10 Å². The van der Waals surface area contributed by atoms with Crippen LogP contribution in [0.2, 0.25) is 0 Å². The van der Waals surface area contributed by atoms with Crippen LogP contribution >= 0.6 is 0 Å². The molecule has 0 aliphatic heterocycles. The van der Waals surface area contributed by atoms with Gasteiger partial charge < -0.3 is 24.4 Å². The number of nitrogens with one attached hydrogen (secondary N) is 1. The number of benzene rings is 1. The molecule has 1 aliphatic rings. The van der Waals surface area contributed by atoms with Gasteiger partial charge in [0.2, 0.25) is 0 Å². The molecule has 0 spiro atoms. The summed E-state index contributed by atoms with van der Waals surface area (Å²) in [6.07, 6.45) is 3.18. The van der Waals surface area contributed by atoms with Crippen molar-refractivity contribution in [2.24, 2.45) is 0 Å². The van der Waals surface area contributed by atoms with Crippen LogP contribution in [0.15, 0.2) is 34.9 Å². The van der Waals surface area contributed by atoms with Crippen molar-refractivity contribution < 1.29 is 23.9 Å². The van der Waals surface area contributed by atoms with Gasteiger partial charge in [-0.2, -0.15) is 0 Å².